The highest BCUT2D eigenvalue weighted by atomic mass is 79.9. The molecule has 0 aliphatic rings. The smallest absolute Gasteiger partial charge is 0.0576 e. The lowest BCUT2D eigenvalue weighted by Gasteiger charge is -2.21. The summed E-state index contributed by atoms with van der Waals surface area (Å²) in [5, 5.41) is 4.41. The molecular formula is C18H21BrClN. The van der Waals surface area contributed by atoms with E-state index in [0.29, 0.717) is 0 Å². The maximum absolute atomic E-state index is 6.01. The molecule has 0 fully saturated rings. The highest BCUT2D eigenvalue weighted by molar-refractivity contribution is 9.10. The Bertz CT molecular complexity index is 584. The molecule has 0 heterocycles. The molecule has 2 rings (SSSR count). The van der Waals surface area contributed by atoms with Crippen LogP contribution in [-0.4, -0.2) is 6.54 Å². The normalized spacial score (nSPS) is 12.4. The third kappa shape index (κ3) is 4.09. The SMILES string of the molecule is CCCNC(c1ccc(Cl)cc1)c1cc(C)c(Br)c(C)c1. The van der Waals surface area contributed by atoms with Gasteiger partial charge < -0.3 is 5.32 Å². The van der Waals surface area contributed by atoms with Gasteiger partial charge >= 0.3 is 0 Å². The van der Waals surface area contributed by atoms with Crippen molar-refractivity contribution in [1.29, 1.82) is 0 Å². The van der Waals surface area contributed by atoms with E-state index in [2.05, 4.69) is 66.3 Å². The monoisotopic (exact) mass is 365 g/mol. The minimum atomic E-state index is 0.202. The molecule has 0 saturated heterocycles. The Morgan fingerprint density at radius 2 is 1.62 bits per heavy atom. The van der Waals surface area contributed by atoms with E-state index in [1.54, 1.807) is 0 Å². The van der Waals surface area contributed by atoms with Crippen molar-refractivity contribution in [3.63, 3.8) is 0 Å². The van der Waals surface area contributed by atoms with Crippen LogP contribution in [-0.2, 0) is 0 Å². The Morgan fingerprint density at radius 1 is 1.05 bits per heavy atom. The topological polar surface area (TPSA) is 12.0 Å². The number of hydrogen-bond acceptors (Lipinski definition) is 1. The Morgan fingerprint density at radius 3 is 2.14 bits per heavy atom. The van der Waals surface area contributed by atoms with Gasteiger partial charge in [-0.2, -0.15) is 0 Å². The predicted octanol–water partition coefficient (Wildman–Crippen LogP) is 5.81. The van der Waals surface area contributed by atoms with Gasteiger partial charge in [-0.25, -0.2) is 0 Å². The molecule has 0 radical (unpaired) electrons. The quantitative estimate of drug-likeness (QED) is 0.704. The molecule has 1 nitrogen and oxygen atoms in total. The first-order valence-electron chi connectivity index (χ1n) is 7.28. The third-order valence-electron chi connectivity index (χ3n) is 3.59. The van der Waals surface area contributed by atoms with Crippen LogP contribution in [0.5, 0.6) is 0 Å². The maximum atomic E-state index is 6.01. The summed E-state index contributed by atoms with van der Waals surface area (Å²) in [6.07, 6.45) is 1.11. The molecule has 0 amide bonds. The molecule has 21 heavy (non-hydrogen) atoms. The standard InChI is InChI=1S/C18H21BrClN/c1-4-9-21-18(14-5-7-16(20)8-6-14)15-10-12(2)17(19)13(3)11-15/h5-8,10-11,18,21H,4,9H2,1-3H3. The first-order valence-corrected chi connectivity index (χ1v) is 8.45. The Balaban J connectivity index is 2.42. The molecule has 0 aliphatic heterocycles. The van der Waals surface area contributed by atoms with Crippen LogP contribution in [0.1, 0.15) is 41.6 Å². The van der Waals surface area contributed by atoms with Crippen LogP contribution in [0, 0.1) is 13.8 Å². The highest BCUT2D eigenvalue weighted by Gasteiger charge is 2.15. The molecule has 3 heteroatoms. The molecular weight excluding hydrogens is 346 g/mol. The fourth-order valence-corrected chi connectivity index (χ4v) is 2.87. The molecule has 2 aromatic rings. The minimum absolute atomic E-state index is 0.202. The van der Waals surface area contributed by atoms with Crippen molar-refractivity contribution in [3.8, 4) is 0 Å². The average Bonchev–Trinajstić information content (AvgIpc) is 2.46. The predicted molar refractivity (Wildman–Crippen MR) is 95.2 cm³/mol. The zero-order valence-corrected chi connectivity index (χ0v) is 15.1. The summed E-state index contributed by atoms with van der Waals surface area (Å²) in [4.78, 5) is 0. The number of rotatable bonds is 5. The van der Waals surface area contributed by atoms with E-state index in [1.165, 1.54) is 26.7 Å². The van der Waals surface area contributed by atoms with Gasteiger partial charge in [0.1, 0.15) is 0 Å². The second-order valence-electron chi connectivity index (χ2n) is 5.41. The van der Waals surface area contributed by atoms with Crippen molar-refractivity contribution in [2.75, 3.05) is 6.54 Å². The molecule has 0 spiro atoms. The van der Waals surface area contributed by atoms with Crippen LogP contribution in [0.3, 0.4) is 0 Å². The van der Waals surface area contributed by atoms with Crippen molar-refractivity contribution in [2.45, 2.75) is 33.2 Å². The van der Waals surface area contributed by atoms with Crippen molar-refractivity contribution in [1.82, 2.24) is 5.32 Å². The van der Waals surface area contributed by atoms with E-state index in [0.717, 1.165) is 18.0 Å². The third-order valence-corrected chi connectivity index (χ3v) is 5.10. The number of benzene rings is 2. The Kier molecular flexibility index (Phi) is 5.86. The van der Waals surface area contributed by atoms with E-state index in [1.807, 2.05) is 12.1 Å². The van der Waals surface area contributed by atoms with E-state index in [-0.39, 0.29) is 6.04 Å². The molecule has 1 unspecified atom stereocenters. The van der Waals surface area contributed by atoms with Gasteiger partial charge in [0.2, 0.25) is 0 Å². The van der Waals surface area contributed by atoms with Crippen LogP contribution in [0.2, 0.25) is 5.02 Å². The summed E-state index contributed by atoms with van der Waals surface area (Å²) in [6.45, 7) is 7.45. The Labute approximate surface area is 140 Å². The van der Waals surface area contributed by atoms with Gasteiger partial charge in [0.05, 0.1) is 6.04 Å². The second-order valence-corrected chi connectivity index (χ2v) is 6.64. The summed E-state index contributed by atoms with van der Waals surface area (Å²) in [5.74, 6) is 0. The van der Waals surface area contributed by atoms with E-state index in [9.17, 15) is 0 Å². The first kappa shape index (κ1) is 16.5. The number of hydrogen-bond donors (Lipinski definition) is 1. The minimum Gasteiger partial charge on any atom is -0.306 e. The van der Waals surface area contributed by atoms with Crippen molar-refractivity contribution in [3.05, 3.63) is 68.1 Å². The van der Waals surface area contributed by atoms with E-state index < -0.39 is 0 Å². The highest BCUT2D eigenvalue weighted by Crippen LogP contribution is 2.29. The van der Waals surface area contributed by atoms with Gasteiger partial charge in [-0.15, -0.1) is 0 Å². The van der Waals surface area contributed by atoms with Gasteiger partial charge in [-0.05, 0) is 61.2 Å². The average molecular weight is 367 g/mol. The van der Waals surface area contributed by atoms with Crippen molar-refractivity contribution in [2.24, 2.45) is 0 Å². The van der Waals surface area contributed by atoms with Gasteiger partial charge in [0.15, 0.2) is 0 Å². The molecule has 1 atom stereocenters. The largest absolute Gasteiger partial charge is 0.306 e. The zero-order valence-electron chi connectivity index (χ0n) is 12.7. The molecule has 2 aromatic carbocycles. The summed E-state index contributed by atoms with van der Waals surface area (Å²) < 4.78 is 1.19. The zero-order chi connectivity index (χ0) is 15.4. The summed E-state index contributed by atoms with van der Waals surface area (Å²) in [5.41, 5.74) is 5.07. The molecule has 1 N–H and O–H groups in total. The maximum Gasteiger partial charge on any atom is 0.0576 e. The van der Waals surface area contributed by atoms with Crippen molar-refractivity contribution < 1.29 is 0 Å². The van der Waals surface area contributed by atoms with Crippen LogP contribution in [0.15, 0.2) is 40.9 Å². The van der Waals surface area contributed by atoms with Crippen LogP contribution in [0.4, 0.5) is 0 Å². The fourth-order valence-electron chi connectivity index (χ4n) is 2.52. The lowest BCUT2D eigenvalue weighted by molar-refractivity contribution is 0.598. The Hall–Kier alpha value is -0.830. The van der Waals surface area contributed by atoms with Gasteiger partial charge in [0.25, 0.3) is 0 Å². The van der Waals surface area contributed by atoms with Crippen molar-refractivity contribution >= 4 is 27.5 Å². The number of halogens is 2. The van der Waals surface area contributed by atoms with E-state index >= 15 is 0 Å². The fraction of sp³-hybridized carbons (Fsp3) is 0.333. The van der Waals surface area contributed by atoms with Crippen LogP contribution >= 0.6 is 27.5 Å². The summed E-state index contributed by atoms with van der Waals surface area (Å²) >= 11 is 9.65. The van der Waals surface area contributed by atoms with Gasteiger partial charge in [-0.1, -0.05) is 58.7 Å². The summed E-state index contributed by atoms with van der Waals surface area (Å²) in [6, 6.07) is 12.8. The van der Waals surface area contributed by atoms with Crippen LogP contribution < -0.4 is 5.32 Å². The van der Waals surface area contributed by atoms with Crippen LogP contribution in [0.25, 0.3) is 0 Å². The van der Waals surface area contributed by atoms with E-state index in [4.69, 9.17) is 11.6 Å². The molecule has 0 aromatic heterocycles. The first-order chi connectivity index (χ1) is 10.0. The molecule has 0 aliphatic carbocycles. The number of nitrogens with one attached hydrogen (secondary N) is 1. The molecule has 0 saturated carbocycles. The molecule has 0 bridgehead atoms. The van der Waals surface area contributed by atoms with Gasteiger partial charge in [-0.3, -0.25) is 0 Å². The lowest BCUT2D eigenvalue weighted by atomic mass is 9.95. The van der Waals surface area contributed by atoms with Gasteiger partial charge in [0, 0.05) is 9.50 Å². The molecule has 112 valence electrons. The number of aryl methyl sites for hydroxylation is 2. The second kappa shape index (κ2) is 7.44. The summed E-state index contributed by atoms with van der Waals surface area (Å²) in [7, 11) is 0. The lowest BCUT2D eigenvalue weighted by Crippen LogP contribution is -2.23.